The summed E-state index contributed by atoms with van der Waals surface area (Å²) in [4.78, 5) is 0. The number of hydrogen-bond donors (Lipinski definition) is 0. The van der Waals surface area contributed by atoms with E-state index in [1.807, 2.05) is 26.8 Å². The molecule has 0 aliphatic rings. The number of rotatable bonds is 3. The Kier molecular flexibility index (Phi) is 4.95. The third-order valence-electron chi connectivity index (χ3n) is 1.52. The number of hydrogen-bond acceptors (Lipinski definition) is 1. The molecule has 0 N–H and O–H groups in total. The van der Waals surface area contributed by atoms with E-state index in [2.05, 4.69) is 12.2 Å². The van der Waals surface area contributed by atoms with Gasteiger partial charge in [0.05, 0.1) is 6.10 Å². The zero-order valence-electron chi connectivity index (χ0n) is 7.22. The molecule has 58 valence electrons. The normalized spacial score (nSPS) is 16.2. The van der Waals surface area contributed by atoms with Crippen LogP contribution in [0.4, 0.5) is 0 Å². The predicted octanol–water partition coefficient (Wildman–Crippen LogP) is 2.54. The molecule has 1 unspecified atom stereocenters. The maximum absolute atomic E-state index is 5.14. The van der Waals surface area contributed by atoms with E-state index in [1.165, 1.54) is 5.57 Å². The lowest BCUT2D eigenvalue weighted by Crippen LogP contribution is -2.06. The number of methoxy groups -OCH3 is 1. The lowest BCUT2D eigenvalue weighted by Gasteiger charge is -2.09. The van der Waals surface area contributed by atoms with Crippen molar-refractivity contribution in [2.45, 2.75) is 26.9 Å². The first-order chi connectivity index (χ1) is 4.76. The van der Waals surface area contributed by atoms with Crippen molar-refractivity contribution in [1.29, 1.82) is 0 Å². The van der Waals surface area contributed by atoms with Crippen molar-refractivity contribution in [2.24, 2.45) is 0 Å². The zero-order chi connectivity index (χ0) is 7.98. The fourth-order valence-electron chi connectivity index (χ4n) is 0.795. The van der Waals surface area contributed by atoms with Crippen LogP contribution in [0.5, 0.6) is 0 Å². The molecule has 0 saturated carbocycles. The molecule has 0 aliphatic heterocycles. The van der Waals surface area contributed by atoms with Gasteiger partial charge in [-0.25, -0.2) is 0 Å². The lowest BCUT2D eigenvalue weighted by atomic mass is 10.1. The predicted molar refractivity (Wildman–Crippen MR) is 45.0 cm³/mol. The summed E-state index contributed by atoms with van der Waals surface area (Å²) in [6.07, 6.45) is 6.36. The first kappa shape index (κ1) is 9.44. The maximum Gasteiger partial charge on any atom is 0.0789 e. The SMILES string of the molecule is CC=CC(=CC)C(C)OC. The van der Waals surface area contributed by atoms with Gasteiger partial charge in [-0.15, -0.1) is 0 Å². The van der Waals surface area contributed by atoms with Crippen molar-refractivity contribution in [2.75, 3.05) is 7.11 Å². The molecular weight excluding hydrogens is 124 g/mol. The monoisotopic (exact) mass is 140 g/mol. The standard InChI is InChI=1S/C9H16O/c1-5-7-9(6-2)8(3)10-4/h5-8H,1-4H3. The Balaban J connectivity index is 4.08. The minimum absolute atomic E-state index is 0.209. The minimum Gasteiger partial charge on any atom is -0.377 e. The first-order valence-electron chi connectivity index (χ1n) is 3.58. The van der Waals surface area contributed by atoms with Crippen LogP contribution in [0.1, 0.15) is 20.8 Å². The molecule has 0 aromatic rings. The molecule has 1 heteroatoms. The van der Waals surface area contributed by atoms with Crippen molar-refractivity contribution in [3.63, 3.8) is 0 Å². The maximum atomic E-state index is 5.14. The van der Waals surface area contributed by atoms with Gasteiger partial charge in [0.15, 0.2) is 0 Å². The van der Waals surface area contributed by atoms with E-state index in [-0.39, 0.29) is 6.10 Å². The highest BCUT2D eigenvalue weighted by molar-refractivity contribution is 5.21. The van der Waals surface area contributed by atoms with Crippen LogP contribution in [-0.4, -0.2) is 13.2 Å². The molecule has 0 rings (SSSR count). The van der Waals surface area contributed by atoms with Gasteiger partial charge in [-0.3, -0.25) is 0 Å². The third kappa shape index (κ3) is 2.83. The van der Waals surface area contributed by atoms with Gasteiger partial charge in [0.25, 0.3) is 0 Å². The van der Waals surface area contributed by atoms with E-state index < -0.39 is 0 Å². The molecule has 0 aliphatic carbocycles. The molecule has 1 atom stereocenters. The van der Waals surface area contributed by atoms with E-state index in [0.717, 1.165) is 0 Å². The van der Waals surface area contributed by atoms with Crippen LogP contribution in [0.25, 0.3) is 0 Å². The summed E-state index contributed by atoms with van der Waals surface area (Å²) in [7, 11) is 1.72. The first-order valence-corrected chi connectivity index (χ1v) is 3.58. The summed E-state index contributed by atoms with van der Waals surface area (Å²) in [5.74, 6) is 0. The summed E-state index contributed by atoms with van der Waals surface area (Å²) in [5.41, 5.74) is 1.23. The van der Waals surface area contributed by atoms with Crippen molar-refractivity contribution >= 4 is 0 Å². The Morgan fingerprint density at radius 3 is 2.30 bits per heavy atom. The number of allylic oxidation sites excluding steroid dienone is 2. The second-order valence-electron chi connectivity index (χ2n) is 2.17. The van der Waals surface area contributed by atoms with Gasteiger partial charge in [-0.1, -0.05) is 18.2 Å². The van der Waals surface area contributed by atoms with Gasteiger partial charge in [0.1, 0.15) is 0 Å². The van der Waals surface area contributed by atoms with Crippen LogP contribution < -0.4 is 0 Å². The van der Waals surface area contributed by atoms with Crippen molar-refractivity contribution in [3.05, 3.63) is 23.8 Å². The molecule has 0 bridgehead atoms. The second kappa shape index (κ2) is 5.24. The van der Waals surface area contributed by atoms with Crippen LogP contribution >= 0.6 is 0 Å². The summed E-state index contributed by atoms with van der Waals surface area (Å²) in [6.45, 7) is 6.06. The molecule has 10 heavy (non-hydrogen) atoms. The second-order valence-corrected chi connectivity index (χ2v) is 2.17. The molecule has 0 aromatic carbocycles. The van der Waals surface area contributed by atoms with Crippen LogP contribution in [0.3, 0.4) is 0 Å². The van der Waals surface area contributed by atoms with Gasteiger partial charge < -0.3 is 4.74 Å². The Hall–Kier alpha value is -0.560. The van der Waals surface area contributed by atoms with E-state index >= 15 is 0 Å². The molecule has 0 aromatic heterocycles. The topological polar surface area (TPSA) is 9.23 Å². The molecular formula is C9H16O. The summed E-state index contributed by atoms with van der Waals surface area (Å²) in [5, 5.41) is 0. The Labute approximate surface area is 63.4 Å². The fourth-order valence-corrected chi connectivity index (χ4v) is 0.795. The van der Waals surface area contributed by atoms with Crippen LogP contribution in [0.2, 0.25) is 0 Å². The van der Waals surface area contributed by atoms with Gasteiger partial charge >= 0.3 is 0 Å². The molecule has 0 saturated heterocycles. The largest absolute Gasteiger partial charge is 0.377 e. The molecule has 0 spiro atoms. The van der Waals surface area contributed by atoms with Crippen molar-refractivity contribution < 1.29 is 4.74 Å². The van der Waals surface area contributed by atoms with Crippen molar-refractivity contribution in [1.82, 2.24) is 0 Å². The highest BCUT2D eigenvalue weighted by atomic mass is 16.5. The Bertz CT molecular complexity index is 134. The molecule has 1 nitrogen and oxygen atoms in total. The van der Waals surface area contributed by atoms with E-state index in [9.17, 15) is 0 Å². The molecule has 0 radical (unpaired) electrons. The lowest BCUT2D eigenvalue weighted by molar-refractivity contribution is 0.149. The fraction of sp³-hybridized carbons (Fsp3) is 0.556. The van der Waals surface area contributed by atoms with Gasteiger partial charge in [0.2, 0.25) is 0 Å². The van der Waals surface area contributed by atoms with Crippen molar-refractivity contribution in [3.8, 4) is 0 Å². The van der Waals surface area contributed by atoms with Gasteiger partial charge in [0, 0.05) is 7.11 Å². The Morgan fingerprint density at radius 1 is 1.40 bits per heavy atom. The van der Waals surface area contributed by atoms with Crippen LogP contribution in [0.15, 0.2) is 23.8 Å². The molecule has 0 fully saturated rings. The Morgan fingerprint density at radius 2 is 2.00 bits per heavy atom. The highest BCUT2D eigenvalue weighted by Crippen LogP contribution is 2.06. The summed E-state index contributed by atoms with van der Waals surface area (Å²) in [6, 6.07) is 0. The minimum atomic E-state index is 0.209. The average molecular weight is 140 g/mol. The quantitative estimate of drug-likeness (QED) is 0.547. The van der Waals surface area contributed by atoms with E-state index in [0.29, 0.717) is 0 Å². The van der Waals surface area contributed by atoms with Crippen LogP contribution in [0, 0.1) is 0 Å². The molecule has 0 heterocycles. The van der Waals surface area contributed by atoms with Crippen LogP contribution in [-0.2, 0) is 4.74 Å². The average Bonchev–Trinajstić information content (AvgIpc) is 1.99. The summed E-state index contributed by atoms with van der Waals surface area (Å²) < 4.78 is 5.14. The van der Waals surface area contributed by atoms with E-state index in [4.69, 9.17) is 4.74 Å². The van der Waals surface area contributed by atoms with Gasteiger partial charge in [-0.05, 0) is 26.3 Å². The zero-order valence-corrected chi connectivity index (χ0v) is 7.22. The summed E-state index contributed by atoms with van der Waals surface area (Å²) >= 11 is 0. The van der Waals surface area contributed by atoms with E-state index in [1.54, 1.807) is 7.11 Å². The van der Waals surface area contributed by atoms with Gasteiger partial charge in [-0.2, -0.15) is 0 Å². The smallest absolute Gasteiger partial charge is 0.0789 e. The highest BCUT2D eigenvalue weighted by Gasteiger charge is 2.00. The number of ether oxygens (including phenoxy) is 1. The molecule has 0 amide bonds. The third-order valence-corrected chi connectivity index (χ3v) is 1.52.